The van der Waals surface area contributed by atoms with E-state index in [0.29, 0.717) is 37.3 Å². The van der Waals surface area contributed by atoms with Crippen LogP contribution in [-0.4, -0.2) is 24.0 Å². The van der Waals surface area contributed by atoms with E-state index in [2.05, 4.69) is 5.32 Å². The summed E-state index contributed by atoms with van der Waals surface area (Å²) >= 11 is 14.9. The van der Waals surface area contributed by atoms with E-state index >= 15 is 0 Å². The largest absolute Gasteiger partial charge is 0.464 e. The van der Waals surface area contributed by atoms with Crippen LogP contribution in [0.2, 0.25) is 9.36 Å². The van der Waals surface area contributed by atoms with E-state index in [4.69, 9.17) is 27.9 Å². The van der Waals surface area contributed by atoms with Crippen LogP contribution >= 0.6 is 57.1 Å². The fourth-order valence-corrected chi connectivity index (χ4v) is 4.05. The Morgan fingerprint density at radius 3 is 2.53 bits per heavy atom. The molecular formula is C11H10Cl2INO3S. The highest BCUT2D eigenvalue weighted by Crippen LogP contribution is 2.40. The molecule has 1 amide bonds. The minimum absolute atomic E-state index is 0.296. The average Bonchev–Trinajstić information content (AvgIpc) is 3.09. The lowest BCUT2D eigenvalue weighted by atomic mass is 10.2. The van der Waals surface area contributed by atoms with Crippen molar-refractivity contribution in [2.24, 2.45) is 0 Å². The molecule has 8 heteroatoms. The SMILES string of the molecule is CCOC(=O)C1(NC(=O)c2sc(Cl)c(Cl)c2I)CC1. The molecule has 0 saturated heterocycles. The molecule has 1 aliphatic rings. The number of thiophene rings is 1. The molecule has 4 nitrogen and oxygen atoms in total. The Morgan fingerprint density at radius 2 is 2.11 bits per heavy atom. The lowest BCUT2D eigenvalue weighted by molar-refractivity contribution is -0.146. The number of carbonyl (C=O) groups is 2. The second-order valence-electron chi connectivity index (χ2n) is 4.09. The summed E-state index contributed by atoms with van der Waals surface area (Å²) in [4.78, 5) is 24.4. The molecule has 1 heterocycles. The zero-order valence-electron chi connectivity index (χ0n) is 9.89. The fraction of sp³-hybridized carbons (Fsp3) is 0.455. The summed E-state index contributed by atoms with van der Waals surface area (Å²) in [5.41, 5.74) is -0.862. The molecule has 0 aromatic carbocycles. The Labute approximate surface area is 137 Å². The van der Waals surface area contributed by atoms with Gasteiger partial charge in [0.25, 0.3) is 5.91 Å². The van der Waals surface area contributed by atoms with Gasteiger partial charge in [-0.3, -0.25) is 4.79 Å². The molecule has 0 aliphatic heterocycles. The standard InChI is InChI=1S/C11H10Cl2INO3S/c1-2-18-10(17)11(3-4-11)15-9(16)7-6(14)5(12)8(13)19-7/h2-4H2,1H3,(H,15,16). The van der Waals surface area contributed by atoms with Gasteiger partial charge in [-0.15, -0.1) is 11.3 Å². The van der Waals surface area contributed by atoms with Crippen molar-refractivity contribution < 1.29 is 14.3 Å². The van der Waals surface area contributed by atoms with Gasteiger partial charge in [0.15, 0.2) is 0 Å². The van der Waals surface area contributed by atoms with E-state index < -0.39 is 5.54 Å². The Bertz CT molecular complexity index is 542. The van der Waals surface area contributed by atoms with Gasteiger partial charge < -0.3 is 10.1 Å². The van der Waals surface area contributed by atoms with E-state index in [1.165, 1.54) is 0 Å². The highest BCUT2D eigenvalue weighted by molar-refractivity contribution is 14.1. The van der Waals surface area contributed by atoms with Gasteiger partial charge in [-0.05, 0) is 42.4 Å². The third-order valence-electron chi connectivity index (χ3n) is 2.73. The number of ether oxygens (including phenoxy) is 1. The van der Waals surface area contributed by atoms with Crippen LogP contribution in [0.3, 0.4) is 0 Å². The number of esters is 1. The van der Waals surface area contributed by atoms with Crippen LogP contribution in [0, 0.1) is 3.57 Å². The lowest BCUT2D eigenvalue weighted by Gasteiger charge is -2.15. The summed E-state index contributed by atoms with van der Waals surface area (Å²) in [6, 6.07) is 0. The monoisotopic (exact) mass is 433 g/mol. The molecular weight excluding hydrogens is 424 g/mol. The molecule has 1 aliphatic carbocycles. The van der Waals surface area contributed by atoms with Crippen molar-refractivity contribution in [1.82, 2.24) is 5.32 Å². The molecule has 104 valence electrons. The van der Waals surface area contributed by atoms with Crippen molar-refractivity contribution >= 4 is 69.0 Å². The average molecular weight is 434 g/mol. The molecule has 1 saturated carbocycles. The van der Waals surface area contributed by atoms with Crippen molar-refractivity contribution in [3.8, 4) is 0 Å². The van der Waals surface area contributed by atoms with E-state index in [1.54, 1.807) is 6.92 Å². The van der Waals surface area contributed by atoms with Crippen LogP contribution in [0.5, 0.6) is 0 Å². The maximum absolute atomic E-state index is 12.2. The number of hydrogen-bond donors (Lipinski definition) is 1. The third-order valence-corrected chi connectivity index (χ3v) is 6.48. The zero-order valence-corrected chi connectivity index (χ0v) is 14.4. The zero-order chi connectivity index (χ0) is 14.2. The van der Waals surface area contributed by atoms with Crippen LogP contribution in [0.15, 0.2) is 0 Å². The maximum atomic E-state index is 12.2. The van der Waals surface area contributed by atoms with Gasteiger partial charge in [-0.2, -0.15) is 0 Å². The van der Waals surface area contributed by atoms with E-state index in [1.807, 2.05) is 22.6 Å². The molecule has 0 unspecified atom stereocenters. The Hall–Kier alpha value is -0.0500. The number of halogens is 3. The molecule has 2 rings (SSSR count). The van der Waals surface area contributed by atoms with Crippen LogP contribution in [-0.2, 0) is 9.53 Å². The molecule has 0 atom stereocenters. The lowest BCUT2D eigenvalue weighted by Crippen LogP contribution is -2.44. The van der Waals surface area contributed by atoms with Gasteiger partial charge >= 0.3 is 5.97 Å². The van der Waals surface area contributed by atoms with Gasteiger partial charge in [0.1, 0.15) is 14.8 Å². The highest BCUT2D eigenvalue weighted by atomic mass is 127. The normalized spacial score (nSPS) is 16.0. The van der Waals surface area contributed by atoms with Crippen molar-refractivity contribution in [2.75, 3.05) is 6.61 Å². The first kappa shape index (κ1) is 15.3. The van der Waals surface area contributed by atoms with Crippen molar-refractivity contribution in [3.05, 3.63) is 17.8 Å². The quantitative estimate of drug-likeness (QED) is 0.584. The Kier molecular flexibility index (Phi) is 4.64. The first-order valence-electron chi connectivity index (χ1n) is 5.54. The van der Waals surface area contributed by atoms with E-state index in [9.17, 15) is 9.59 Å². The molecule has 1 aromatic heterocycles. The van der Waals surface area contributed by atoms with Gasteiger partial charge in [0.2, 0.25) is 0 Å². The fourth-order valence-electron chi connectivity index (χ4n) is 1.56. The Morgan fingerprint density at radius 1 is 1.47 bits per heavy atom. The summed E-state index contributed by atoms with van der Waals surface area (Å²) in [5, 5.41) is 3.10. The van der Waals surface area contributed by atoms with Crippen LogP contribution in [0.4, 0.5) is 0 Å². The number of rotatable bonds is 4. The number of hydrogen-bond acceptors (Lipinski definition) is 4. The first-order chi connectivity index (χ1) is 8.91. The van der Waals surface area contributed by atoms with Crippen molar-refractivity contribution in [3.63, 3.8) is 0 Å². The van der Waals surface area contributed by atoms with E-state index in [-0.39, 0.29) is 11.9 Å². The summed E-state index contributed by atoms with van der Waals surface area (Å²) in [6.07, 6.45) is 1.20. The predicted molar refractivity (Wildman–Crippen MR) is 83.1 cm³/mol. The summed E-state index contributed by atoms with van der Waals surface area (Å²) < 4.78 is 5.94. The minimum Gasteiger partial charge on any atom is -0.464 e. The number of nitrogens with one attached hydrogen (secondary N) is 1. The third kappa shape index (κ3) is 3.01. The van der Waals surface area contributed by atoms with Gasteiger partial charge in [-0.1, -0.05) is 23.2 Å². The van der Waals surface area contributed by atoms with Gasteiger partial charge in [0.05, 0.1) is 15.2 Å². The summed E-state index contributed by atoms with van der Waals surface area (Å²) in [5.74, 6) is -0.721. The van der Waals surface area contributed by atoms with Crippen LogP contribution in [0.25, 0.3) is 0 Å². The number of amides is 1. The molecule has 19 heavy (non-hydrogen) atoms. The first-order valence-corrected chi connectivity index (χ1v) is 8.19. The van der Waals surface area contributed by atoms with E-state index in [0.717, 1.165) is 11.3 Å². The second kappa shape index (κ2) is 5.75. The Balaban J connectivity index is 2.13. The van der Waals surface area contributed by atoms with Crippen molar-refractivity contribution in [2.45, 2.75) is 25.3 Å². The molecule has 0 spiro atoms. The van der Waals surface area contributed by atoms with Gasteiger partial charge in [-0.25, -0.2) is 4.79 Å². The molecule has 0 bridgehead atoms. The smallest absolute Gasteiger partial charge is 0.331 e. The minimum atomic E-state index is -0.862. The molecule has 1 aromatic rings. The van der Waals surface area contributed by atoms with Crippen LogP contribution < -0.4 is 5.32 Å². The molecule has 1 fully saturated rings. The molecule has 1 N–H and O–H groups in total. The van der Waals surface area contributed by atoms with Crippen LogP contribution in [0.1, 0.15) is 29.4 Å². The summed E-state index contributed by atoms with van der Waals surface area (Å²) in [6.45, 7) is 2.03. The number of carbonyl (C=O) groups excluding carboxylic acids is 2. The molecule has 0 radical (unpaired) electrons. The van der Waals surface area contributed by atoms with Crippen molar-refractivity contribution in [1.29, 1.82) is 0 Å². The highest BCUT2D eigenvalue weighted by Gasteiger charge is 2.53. The van der Waals surface area contributed by atoms with Gasteiger partial charge in [0, 0.05) is 0 Å². The topological polar surface area (TPSA) is 55.4 Å². The second-order valence-corrected chi connectivity index (χ2v) is 7.17. The predicted octanol–water partition coefficient (Wildman–Crippen LogP) is 3.49. The maximum Gasteiger partial charge on any atom is 0.331 e. The summed E-state index contributed by atoms with van der Waals surface area (Å²) in [7, 11) is 0.